The van der Waals surface area contributed by atoms with E-state index in [-0.39, 0.29) is 0 Å². The standard InChI is InChI=1S/C102H72N4OSSi2/c1-8-24-71(25-9-1)72-40-53-80(54-41-72)105(81-55-42-73(43-56-81)79-52-67-100-95(70-79)92-38-22-23-39-99(92)107-100)98-66-63-91(101-102(98)104-108-103-101)76-44-57-82(58-45-76)106-96-64-50-77(74-46-59-89(60-47-74)109(83-26-10-2-11-27-83,84-28-12-3-13-29-84)85-30-14-4-15-31-85)68-93(96)94-69-78(51-65-97(94)106)75-48-61-90(62-49-75)110(86-32-16-5-17-33-86,87-34-18-6-19-35-87)88-36-20-7-21-37-88/h1-24,26-71H,25H2. The normalized spacial score (nSPS) is 13.1. The van der Waals surface area contributed by atoms with Gasteiger partial charge >= 0.3 is 0 Å². The van der Waals surface area contributed by atoms with Crippen molar-refractivity contribution in [2.45, 2.75) is 12.3 Å². The van der Waals surface area contributed by atoms with Gasteiger partial charge in [-0.15, -0.1) is 0 Å². The molecule has 3 heterocycles. The average molecular weight is 1460 g/mol. The lowest BCUT2D eigenvalue weighted by molar-refractivity contribution is 0.669. The Morgan fingerprint density at radius 3 is 1.18 bits per heavy atom. The van der Waals surface area contributed by atoms with Gasteiger partial charge in [-0.1, -0.05) is 328 Å². The van der Waals surface area contributed by atoms with Crippen LogP contribution in [0.4, 0.5) is 17.1 Å². The highest BCUT2D eigenvalue weighted by Gasteiger charge is 2.43. The summed E-state index contributed by atoms with van der Waals surface area (Å²) >= 11 is 1.26. The Bertz CT molecular complexity index is 6210. The molecule has 0 bridgehead atoms. The molecule has 0 fully saturated rings. The number of para-hydroxylation sites is 1. The number of hydrogen-bond donors (Lipinski definition) is 0. The Balaban J connectivity index is 0.690. The molecule has 0 amide bonds. The molecule has 5 nitrogen and oxygen atoms in total. The summed E-state index contributed by atoms with van der Waals surface area (Å²) < 4.78 is 18.9. The van der Waals surface area contributed by atoms with E-state index in [2.05, 4.69) is 416 Å². The molecule has 1 unspecified atom stereocenters. The molecule has 0 spiro atoms. The molecule has 0 radical (unpaired) electrons. The van der Waals surface area contributed by atoms with Crippen LogP contribution in [0, 0.1) is 0 Å². The predicted molar refractivity (Wildman–Crippen MR) is 468 cm³/mol. The van der Waals surface area contributed by atoms with E-state index < -0.39 is 16.1 Å². The first-order valence-electron chi connectivity index (χ1n) is 37.8. The first-order chi connectivity index (χ1) is 54.5. The molecule has 1 aliphatic rings. The molecule has 16 aromatic carbocycles. The Hall–Kier alpha value is -13.3. The van der Waals surface area contributed by atoms with Crippen molar-refractivity contribution >= 4 is 141 Å². The Morgan fingerprint density at radius 1 is 0.318 bits per heavy atom. The largest absolute Gasteiger partial charge is 0.456 e. The van der Waals surface area contributed by atoms with E-state index in [9.17, 15) is 0 Å². The number of hydrogen-bond acceptors (Lipinski definition) is 5. The molecule has 19 aromatic rings. The molecule has 0 aliphatic heterocycles. The van der Waals surface area contributed by atoms with Crippen molar-refractivity contribution in [2.24, 2.45) is 0 Å². The molecule has 520 valence electrons. The number of anilines is 3. The molecule has 0 N–H and O–H groups in total. The van der Waals surface area contributed by atoms with Gasteiger partial charge in [-0.25, -0.2) is 0 Å². The fourth-order valence-corrected chi connectivity index (χ4v) is 27.6. The van der Waals surface area contributed by atoms with E-state index in [0.717, 1.165) is 107 Å². The van der Waals surface area contributed by atoms with Gasteiger partial charge in [-0.3, -0.25) is 0 Å². The molecular formula is C102H72N4OSSi2. The molecule has 3 aromatic heterocycles. The lowest BCUT2D eigenvalue weighted by Crippen LogP contribution is -2.74. The van der Waals surface area contributed by atoms with Gasteiger partial charge in [0, 0.05) is 50.1 Å². The van der Waals surface area contributed by atoms with E-state index in [1.54, 1.807) is 0 Å². The topological polar surface area (TPSA) is 47.1 Å². The number of fused-ring (bicyclic) bond motifs is 7. The minimum Gasteiger partial charge on any atom is -0.456 e. The minimum absolute atomic E-state index is 0.330. The third-order valence-corrected chi connectivity index (χ3v) is 32.9. The van der Waals surface area contributed by atoms with Crippen molar-refractivity contribution in [1.82, 2.24) is 13.3 Å². The highest BCUT2D eigenvalue weighted by atomic mass is 32.1. The Kier molecular flexibility index (Phi) is 16.9. The predicted octanol–water partition coefficient (Wildman–Crippen LogP) is 21.2. The zero-order valence-corrected chi connectivity index (χ0v) is 63.0. The van der Waals surface area contributed by atoms with Gasteiger partial charge in [-0.05, 0) is 183 Å². The van der Waals surface area contributed by atoms with Crippen LogP contribution in [-0.2, 0) is 0 Å². The van der Waals surface area contributed by atoms with Crippen LogP contribution >= 0.6 is 11.7 Å². The van der Waals surface area contributed by atoms with Crippen LogP contribution in [-0.4, -0.2) is 29.5 Å². The van der Waals surface area contributed by atoms with Gasteiger partial charge < -0.3 is 13.9 Å². The summed E-state index contributed by atoms with van der Waals surface area (Å²) in [6, 6.07) is 147. The number of benzene rings is 16. The molecule has 110 heavy (non-hydrogen) atoms. The van der Waals surface area contributed by atoms with Crippen molar-refractivity contribution in [3.8, 4) is 50.2 Å². The quantitative estimate of drug-likeness (QED) is 0.0673. The number of nitrogens with zero attached hydrogens (tertiary/aromatic N) is 4. The Labute approximate surface area is 645 Å². The first-order valence-corrected chi connectivity index (χ1v) is 42.5. The van der Waals surface area contributed by atoms with Crippen molar-refractivity contribution in [3.63, 3.8) is 0 Å². The van der Waals surface area contributed by atoms with E-state index >= 15 is 0 Å². The maximum Gasteiger partial charge on any atom is 0.179 e. The smallest absolute Gasteiger partial charge is 0.179 e. The van der Waals surface area contributed by atoms with E-state index in [0.29, 0.717) is 5.92 Å². The molecule has 1 aliphatic carbocycles. The summed E-state index contributed by atoms with van der Waals surface area (Å²) in [4.78, 5) is 2.34. The van der Waals surface area contributed by atoms with Crippen molar-refractivity contribution < 1.29 is 4.42 Å². The van der Waals surface area contributed by atoms with Crippen LogP contribution in [0.2, 0.25) is 0 Å². The third kappa shape index (κ3) is 11.4. The van der Waals surface area contributed by atoms with E-state index in [1.807, 2.05) is 12.1 Å². The molecule has 8 heteroatoms. The summed E-state index contributed by atoms with van der Waals surface area (Å²) in [6.07, 6.45) is 9.83. The zero-order chi connectivity index (χ0) is 73.0. The van der Waals surface area contributed by atoms with Crippen molar-refractivity contribution in [2.75, 3.05) is 4.90 Å². The summed E-state index contributed by atoms with van der Waals surface area (Å²) in [5.41, 5.74) is 20.1. The molecular weight excluding hydrogens is 1390 g/mol. The SMILES string of the molecule is C1=CCC(c2ccc(N(c3ccc(-c4ccc5oc6ccccc6c5c4)cc3)c3ccc(-c4ccc(-n5c6ccc(-c7ccc([Si](c8ccccc8)(c8ccccc8)c8ccccc8)cc7)cc6c6cc(-c7ccc([Si](c8ccccc8)(c8ccccc8)c8ccccc8)cc7)ccc65)cc4)c4nsnc34)cc2)C=C1. The van der Waals surface area contributed by atoms with Gasteiger partial charge in [0.25, 0.3) is 0 Å². The minimum atomic E-state index is -2.75. The van der Waals surface area contributed by atoms with Gasteiger partial charge in [-0.2, -0.15) is 8.75 Å². The second kappa shape index (κ2) is 28.1. The van der Waals surface area contributed by atoms with Crippen LogP contribution in [0.5, 0.6) is 0 Å². The molecule has 0 saturated carbocycles. The fourth-order valence-electron chi connectivity index (χ4n) is 17.5. The Morgan fingerprint density at radius 2 is 0.709 bits per heavy atom. The zero-order valence-electron chi connectivity index (χ0n) is 60.2. The third-order valence-electron chi connectivity index (χ3n) is 22.8. The molecule has 0 saturated heterocycles. The van der Waals surface area contributed by atoms with Crippen LogP contribution in [0.15, 0.2) is 423 Å². The van der Waals surface area contributed by atoms with E-state index in [1.165, 1.54) is 80.7 Å². The number of rotatable bonds is 17. The van der Waals surface area contributed by atoms with Gasteiger partial charge in [0.15, 0.2) is 16.1 Å². The average Bonchev–Trinajstić information content (AvgIpc) is 0.921. The van der Waals surface area contributed by atoms with Crippen LogP contribution in [0.3, 0.4) is 0 Å². The monoisotopic (exact) mass is 1460 g/mol. The van der Waals surface area contributed by atoms with E-state index in [4.69, 9.17) is 13.2 Å². The van der Waals surface area contributed by atoms with Crippen LogP contribution < -0.4 is 46.4 Å². The molecule has 20 rings (SSSR count). The highest BCUT2D eigenvalue weighted by Crippen LogP contribution is 2.44. The van der Waals surface area contributed by atoms with Crippen LogP contribution in [0.25, 0.3) is 105 Å². The van der Waals surface area contributed by atoms with Crippen LogP contribution in [0.1, 0.15) is 17.9 Å². The second-order valence-electron chi connectivity index (χ2n) is 28.7. The second-order valence-corrected chi connectivity index (χ2v) is 36.9. The lowest BCUT2D eigenvalue weighted by Gasteiger charge is -2.34. The summed E-state index contributed by atoms with van der Waals surface area (Å²) in [5.74, 6) is 0.330. The fraction of sp³-hybridized carbons (Fsp3) is 0.0196. The summed E-state index contributed by atoms with van der Waals surface area (Å²) in [6.45, 7) is 0. The summed E-state index contributed by atoms with van der Waals surface area (Å²) in [7, 11) is -5.51. The molecule has 1 atom stereocenters. The van der Waals surface area contributed by atoms with Gasteiger partial charge in [0.05, 0.1) is 28.4 Å². The van der Waals surface area contributed by atoms with Crippen molar-refractivity contribution in [3.05, 3.63) is 424 Å². The summed E-state index contributed by atoms with van der Waals surface area (Å²) in [5, 5.41) is 15.4. The van der Waals surface area contributed by atoms with Crippen molar-refractivity contribution in [1.29, 1.82) is 0 Å². The lowest BCUT2D eigenvalue weighted by atomic mass is 9.92. The maximum atomic E-state index is 6.23. The van der Waals surface area contributed by atoms with Gasteiger partial charge in [0.1, 0.15) is 22.2 Å². The maximum absolute atomic E-state index is 6.23. The number of allylic oxidation sites excluding steroid dienone is 4. The number of aromatic nitrogens is 3. The van der Waals surface area contributed by atoms with Gasteiger partial charge in [0.2, 0.25) is 0 Å². The highest BCUT2D eigenvalue weighted by molar-refractivity contribution is 7.20. The first kappa shape index (κ1) is 66.1. The number of furan rings is 1.